The van der Waals surface area contributed by atoms with Crippen LogP contribution in [0, 0.1) is 5.92 Å². The number of nitrogens with one attached hydrogen (secondary N) is 2. The van der Waals surface area contributed by atoms with E-state index in [-0.39, 0.29) is 11.9 Å². The molecular weight excluding hydrogens is 318 g/mol. The second kappa shape index (κ2) is 7.13. The maximum absolute atomic E-state index is 12.7. The smallest absolute Gasteiger partial charge is 0.322 e. The zero-order valence-electron chi connectivity index (χ0n) is 15.0. The number of piperazine rings is 1. The van der Waals surface area contributed by atoms with Crippen LogP contribution in [-0.2, 0) is 11.3 Å². The predicted molar refractivity (Wildman–Crippen MR) is 97.4 cm³/mol. The van der Waals surface area contributed by atoms with E-state index in [9.17, 15) is 9.59 Å². The zero-order valence-corrected chi connectivity index (χ0v) is 15.0. The van der Waals surface area contributed by atoms with Gasteiger partial charge >= 0.3 is 6.03 Å². The Labute approximate surface area is 147 Å². The van der Waals surface area contributed by atoms with Crippen LogP contribution >= 0.6 is 0 Å². The van der Waals surface area contributed by atoms with Crippen molar-refractivity contribution >= 4 is 28.5 Å². The lowest BCUT2D eigenvalue weighted by Gasteiger charge is -2.35. The van der Waals surface area contributed by atoms with Crippen LogP contribution in [0.5, 0.6) is 0 Å². The number of fused-ring (bicyclic) bond motifs is 1. The number of rotatable bonds is 4. The number of nitrogens with zero attached hydrogens (tertiary/aromatic N) is 3. The van der Waals surface area contributed by atoms with Crippen molar-refractivity contribution < 1.29 is 9.59 Å². The molecule has 2 N–H and O–H groups in total. The number of carbonyl (C=O) groups excluding carboxylic acids is 2. The Balaban J connectivity index is 1.79. The van der Waals surface area contributed by atoms with Crippen molar-refractivity contribution in [2.24, 2.45) is 5.92 Å². The van der Waals surface area contributed by atoms with Gasteiger partial charge in [-0.3, -0.25) is 9.48 Å². The summed E-state index contributed by atoms with van der Waals surface area (Å²) in [7, 11) is 0. The molecule has 0 radical (unpaired) electrons. The summed E-state index contributed by atoms with van der Waals surface area (Å²) in [5.74, 6) is 0.258. The maximum Gasteiger partial charge on any atom is 0.322 e. The first kappa shape index (κ1) is 17.3. The Kier molecular flexibility index (Phi) is 4.92. The quantitative estimate of drug-likeness (QED) is 0.895. The van der Waals surface area contributed by atoms with E-state index in [1.165, 1.54) is 0 Å². The molecule has 1 saturated heterocycles. The van der Waals surface area contributed by atoms with Crippen LogP contribution in [0.2, 0.25) is 0 Å². The molecule has 3 amide bonds. The van der Waals surface area contributed by atoms with E-state index in [1.807, 2.05) is 36.0 Å². The predicted octanol–water partition coefficient (Wildman–Crippen LogP) is 2.43. The van der Waals surface area contributed by atoms with Gasteiger partial charge in [0.25, 0.3) is 0 Å². The largest absolute Gasteiger partial charge is 0.353 e. The number of carbonyl (C=O) groups is 2. The maximum atomic E-state index is 12.7. The van der Waals surface area contributed by atoms with Gasteiger partial charge in [-0.05, 0) is 37.5 Å². The first-order chi connectivity index (χ1) is 12.0. The van der Waals surface area contributed by atoms with Crippen LogP contribution in [0.3, 0.4) is 0 Å². The Hall–Kier alpha value is -2.57. The fraction of sp³-hybridized carbons (Fsp3) is 0.500. The van der Waals surface area contributed by atoms with E-state index in [4.69, 9.17) is 0 Å². The molecule has 1 aliphatic heterocycles. The Morgan fingerprint density at radius 2 is 2.24 bits per heavy atom. The summed E-state index contributed by atoms with van der Waals surface area (Å²) in [6.45, 7) is 7.91. The first-order valence-corrected chi connectivity index (χ1v) is 8.80. The number of aromatic nitrogens is 2. The molecule has 0 unspecified atom stereocenters. The van der Waals surface area contributed by atoms with Gasteiger partial charge in [0.15, 0.2) is 0 Å². The minimum absolute atomic E-state index is 0.0744. The van der Waals surface area contributed by atoms with Gasteiger partial charge in [-0.25, -0.2) is 4.79 Å². The van der Waals surface area contributed by atoms with Crippen molar-refractivity contribution in [3.05, 3.63) is 24.4 Å². The number of amides is 3. The number of benzene rings is 1. The summed E-state index contributed by atoms with van der Waals surface area (Å²) in [5.41, 5.74) is 1.69. The van der Waals surface area contributed by atoms with Gasteiger partial charge in [0.2, 0.25) is 5.91 Å². The van der Waals surface area contributed by atoms with Crippen molar-refractivity contribution in [3.63, 3.8) is 0 Å². The van der Waals surface area contributed by atoms with Crippen molar-refractivity contribution in [2.45, 2.75) is 39.8 Å². The molecule has 0 bridgehead atoms. The second-order valence-electron chi connectivity index (χ2n) is 6.79. The highest BCUT2D eigenvalue weighted by Gasteiger charge is 2.33. The van der Waals surface area contributed by atoms with E-state index in [0.29, 0.717) is 31.1 Å². The summed E-state index contributed by atoms with van der Waals surface area (Å²) >= 11 is 0. The summed E-state index contributed by atoms with van der Waals surface area (Å²) in [5, 5.41) is 11.1. The third-order valence-electron chi connectivity index (χ3n) is 4.48. The van der Waals surface area contributed by atoms with Gasteiger partial charge in [-0.1, -0.05) is 13.8 Å². The molecule has 134 valence electrons. The minimum Gasteiger partial charge on any atom is -0.353 e. The molecule has 1 aromatic heterocycles. The van der Waals surface area contributed by atoms with E-state index >= 15 is 0 Å². The van der Waals surface area contributed by atoms with Crippen molar-refractivity contribution in [1.29, 1.82) is 0 Å². The van der Waals surface area contributed by atoms with Crippen molar-refractivity contribution in [1.82, 2.24) is 20.0 Å². The van der Waals surface area contributed by atoms with Crippen molar-refractivity contribution in [2.75, 3.05) is 18.4 Å². The molecule has 1 fully saturated rings. The zero-order chi connectivity index (χ0) is 18.0. The highest BCUT2D eigenvalue weighted by Crippen LogP contribution is 2.21. The topological polar surface area (TPSA) is 79.3 Å². The van der Waals surface area contributed by atoms with E-state index in [1.54, 1.807) is 4.90 Å². The summed E-state index contributed by atoms with van der Waals surface area (Å²) in [4.78, 5) is 26.6. The fourth-order valence-electron chi connectivity index (χ4n) is 3.23. The van der Waals surface area contributed by atoms with Crippen molar-refractivity contribution in [3.8, 4) is 0 Å². The summed E-state index contributed by atoms with van der Waals surface area (Å²) in [6.07, 6.45) is 2.47. The molecule has 2 aromatic rings. The van der Waals surface area contributed by atoms with Gasteiger partial charge in [-0.15, -0.1) is 0 Å². The molecular formula is C18H25N5O2. The van der Waals surface area contributed by atoms with Crippen LogP contribution in [-0.4, -0.2) is 45.8 Å². The molecule has 3 rings (SSSR count). The second-order valence-corrected chi connectivity index (χ2v) is 6.79. The first-order valence-electron chi connectivity index (χ1n) is 8.80. The average Bonchev–Trinajstić information content (AvgIpc) is 2.98. The van der Waals surface area contributed by atoms with E-state index in [0.717, 1.165) is 17.4 Å². The van der Waals surface area contributed by atoms with Gasteiger partial charge in [0.05, 0.1) is 11.7 Å². The van der Waals surface area contributed by atoms with Crippen LogP contribution in [0.15, 0.2) is 24.4 Å². The van der Waals surface area contributed by atoms with Crippen LogP contribution in [0.1, 0.15) is 27.2 Å². The number of hydrogen-bond acceptors (Lipinski definition) is 3. The molecule has 0 spiro atoms. The molecule has 1 aliphatic rings. The third-order valence-corrected chi connectivity index (χ3v) is 4.48. The molecule has 1 aromatic carbocycles. The minimum atomic E-state index is -0.418. The van der Waals surface area contributed by atoms with Crippen LogP contribution in [0.4, 0.5) is 10.5 Å². The number of urea groups is 1. The van der Waals surface area contributed by atoms with Gasteiger partial charge in [-0.2, -0.15) is 5.10 Å². The molecule has 7 heteroatoms. The molecule has 1 atom stereocenters. The standard InChI is InChI=1S/C18H25N5O2/c1-4-23-15-10-14(6-5-13(15)11-20-23)21-18(25)22-8-7-19-17(24)16(22)9-12(2)3/h5-6,10-12,16H,4,7-9H2,1-3H3,(H,19,24)(H,21,25)/t16-/m1/s1. The monoisotopic (exact) mass is 343 g/mol. The van der Waals surface area contributed by atoms with Crippen LogP contribution in [0.25, 0.3) is 10.9 Å². The molecule has 25 heavy (non-hydrogen) atoms. The average molecular weight is 343 g/mol. The normalized spacial score (nSPS) is 17.8. The van der Waals surface area contributed by atoms with Crippen LogP contribution < -0.4 is 10.6 Å². The Bertz CT molecular complexity index is 783. The fourth-order valence-corrected chi connectivity index (χ4v) is 3.23. The lowest BCUT2D eigenvalue weighted by Crippen LogP contribution is -2.58. The van der Waals surface area contributed by atoms with Gasteiger partial charge in [0.1, 0.15) is 6.04 Å². The number of anilines is 1. The molecule has 0 aliphatic carbocycles. The van der Waals surface area contributed by atoms with E-state index in [2.05, 4.69) is 29.6 Å². The lowest BCUT2D eigenvalue weighted by molar-refractivity contribution is -0.128. The highest BCUT2D eigenvalue weighted by molar-refractivity contribution is 5.96. The number of aryl methyl sites for hydroxylation is 1. The lowest BCUT2D eigenvalue weighted by atomic mass is 10.0. The molecule has 2 heterocycles. The molecule has 7 nitrogen and oxygen atoms in total. The Morgan fingerprint density at radius 1 is 1.44 bits per heavy atom. The van der Waals surface area contributed by atoms with E-state index < -0.39 is 6.04 Å². The summed E-state index contributed by atoms with van der Waals surface area (Å²) in [6, 6.07) is 5.08. The Morgan fingerprint density at radius 3 is 2.96 bits per heavy atom. The molecule has 0 saturated carbocycles. The summed E-state index contributed by atoms with van der Waals surface area (Å²) < 4.78 is 1.89. The SMILES string of the molecule is CCn1ncc2ccc(NC(=O)N3CCNC(=O)[C@H]3CC(C)C)cc21. The highest BCUT2D eigenvalue weighted by atomic mass is 16.2. The van der Waals surface area contributed by atoms with Gasteiger partial charge in [0, 0.05) is 30.7 Å². The number of hydrogen-bond donors (Lipinski definition) is 2. The third kappa shape index (κ3) is 3.60. The van der Waals surface area contributed by atoms with Gasteiger partial charge < -0.3 is 15.5 Å².